The summed E-state index contributed by atoms with van der Waals surface area (Å²) in [5.41, 5.74) is 1.29. The standard InChI is InChI=1S/C12H15FO2S/c1-7-5-10(14)8-3-4-11(15-2)12(13)9(8)6-16-7/h3-4,7,10,14H,5-6H2,1-2H3/t7?,10-/m0/s1. The number of hydrogen-bond acceptors (Lipinski definition) is 3. The molecule has 1 unspecified atom stereocenters. The van der Waals surface area contributed by atoms with Crippen molar-refractivity contribution in [3.8, 4) is 5.75 Å². The van der Waals surface area contributed by atoms with Crippen LogP contribution in [-0.4, -0.2) is 17.5 Å². The molecule has 1 N–H and O–H groups in total. The van der Waals surface area contributed by atoms with Crippen molar-refractivity contribution < 1.29 is 14.2 Å². The van der Waals surface area contributed by atoms with Gasteiger partial charge in [0.15, 0.2) is 11.6 Å². The number of thioether (sulfide) groups is 1. The minimum absolute atomic E-state index is 0.251. The summed E-state index contributed by atoms with van der Waals surface area (Å²) in [5, 5.41) is 10.3. The zero-order chi connectivity index (χ0) is 11.7. The topological polar surface area (TPSA) is 29.5 Å². The fourth-order valence-corrected chi connectivity index (χ4v) is 3.03. The van der Waals surface area contributed by atoms with Crippen LogP contribution >= 0.6 is 11.8 Å². The second kappa shape index (κ2) is 4.63. The Bertz CT molecular complexity index is 395. The Hall–Kier alpha value is -0.740. The first kappa shape index (κ1) is 11.7. The maximum Gasteiger partial charge on any atom is 0.169 e. The average molecular weight is 242 g/mol. The van der Waals surface area contributed by atoms with Crippen molar-refractivity contribution in [1.82, 2.24) is 0 Å². The van der Waals surface area contributed by atoms with Gasteiger partial charge in [-0.05, 0) is 18.1 Å². The van der Waals surface area contributed by atoms with Crippen molar-refractivity contribution in [2.75, 3.05) is 7.11 Å². The Balaban J connectivity index is 2.47. The monoisotopic (exact) mass is 242 g/mol. The maximum absolute atomic E-state index is 14.0. The number of hydrogen-bond donors (Lipinski definition) is 1. The van der Waals surface area contributed by atoms with Crippen LogP contribution < -0.4 is 4.74 Å². The predicted molar refractivity (Wildman–Crippen MR) is 63.3 cm³/mol. The highest BCUT2D eigenvalue weighted by molar-refractivity contribution is 7.99. The molecule has 0 amide bonds. The minimum atomic E-state index is -0.569. The van der Waals surface area contributed by atoms with Crippen molar-refractivity contribution >= 4 is 11.8 Å². The van der Waals surface area contributed by atoms with Gasteiger partial charge in [-0.25, -0.2) is 4.39 Å². The number of ether oxygens (including phenoxy) is 1. The van der Waals surface area contributed by atoms with E-state index in [1.807, 2.05) is 0 Å². The summed E-state index contributed by atoms with van der Waals surface area (Å²) in [5.74, 6) is 0.512. The molecule has 0 saturated heterocycles. The lowest BCUT2D eigenvalue weighted by Crippen LogP contribution is -2.05. The van der Waals surface area contributed by atoms with Gasteiger partial charge in [-0.15, -0.1) is 0 Å². The summed E-state index contributed by atoms with van der Waals surface area (Å²) < 4.78 is 18.9. The molecule has 0 aromatic heterocycles. The van der Waals surface area contributed by atoms with Crippen LogP contribution in [0, 0.1) is 5.82 Å². The van der Waals surface area contributed by atoms with E-state index in [1.54, 1.807) is 23.9 Å². The molecule has 0 spiro atoms. The van der Waals surface area contributed by atoms with Gasteiger partial charge in [-0.2, -0.15) is 11.8 Å². The van der Waals surface area contributed by atoms with E-state index < -0.39 is 6.10 Å². The SMILES string of the molecule is COc1ccc2c(c1F)CSC(C)C[C@@H]2O. The van der Waals surface area contributed by atoms with Gasteiger partial charge in [0.1, 0.15) is 0 Å². The zero-order valence-electron chi connectivity index (χ0n) is 9.37. The maximum atomic E-state index is 14.0. The zero-order valence-corrected chi connectivity index (χ0v) is 10.2. The van der Waals surface area contributed by atoms with E-state index in [0.717, 1.165) is 0 Å². The smallest absolute Gasteiger partial charge is 0.169 e. The highest BCUT2D eigenvalue weighted by Crippen LogP contribution is 2.38. The summed E-state index contributed by atoms with van der Waals surface area (Å²) in [4.78, 5) is 0. The first-order valence-corrected chi connectivity index (χ1v) is 6.33. The predicted octanol–water partition coefficient (Wildman–Crippen LogP) is 2.89. The lowest BCUT2D eigenvalue weighted by atomic mass is 9.99. The van der Waals surface area contributed by atoms with E-state index in [4.69, 9.17) is 4.74 Å². The van der Waals surface area contributed by atoms with Crippen molar-refractivity contribution in [1.29, 1.82) is 0 Å². The quantitative estimate of drug-likeness (QED) is 0.821. The molecule has 16 heavy (non-hydrogen) atoms. The first-order valence-electron chi connectivity index (χ1n) is 5.28. The van der Waals surface area contributed by atoms with Crippen LogP contribution in [0.4, 0.5) is 4.39 Å². The Morgan fingerprint density at radius 1 is 1.50 bits per heavy atom. The van der Waals surface area contributed by atoms with Crippen molar-refractivity contribution in [3.63, 3.8) is 0 Å². The van der Waals surface area contributed by atoms with Gasteiger partial charge in [0, 0.05) is 16.6 Å². The van der Waals surface area contributed by atoms with E-state index in [0.29, 0.717) is 28.6 Å². The number of halogens is 1. The summed E-state index contributed by atoms with van der Waals surface area (Å²) in [7, 11) is 1.45. The van der Waals surface area contributed by atoms with Crippen LogP contribution in [0.5, 0.6) is 5.75 Å². The molecule has 0 bridgehead atoms. The number of aliphatic hydroxyl groups is 1. The van der Waals surface area contributed by atoms with E-state index in [1.165, 1.54) is 7.11 Å². The van der Waals surface area contributed by atoms with Crippen LogP contribution in [0.25, 0.3) is 0 Å². The van der Waals surface area contributed by atoms with Gasteiger partial charge in [0.2, 0.25) is 0 Å². The molecule has 4 heteroatoms. The van der Waals surface area contributed by atoms with Gasteiger partial charge >= 0.3 is 0 Å². The van der Waals surface area contributed by atoms with Gasteiger partial charge in [-0.3, -0.25) is 0 Å². The van der Waals surface area contributed by atoms with E-state index in [9.17, 15) is 9.50 Å². The number of rotatable bonds is 1. The van der Waals surface area contributed by atoms with Gasteiger partial charge in [0.25, 0.3) is 0 Å². The molecule has 0 aliphatic carbocycles. The summed E-state index contributed by atoms with van der Waals surface area (Å²) in [6.45, 7) is 2.05. The molecule has 1 heterocycles. The van der Waals surface area contributed by atoms with Crippen LogP contribution in [0.3, 0.4) is 0 Å². The van der Waals surface area contributed by atoms with Crippen molar-refractivity contribution in [2.45, 2.75) is 30.5 Å². The second-order valence-electron chi connectivity index (χ2n) is 4.02. The van der Waals surface area contributed by atoms with Crippen LogP contribution in [-0.2, 0) is 5.75 Å². The van der Waals surface area contributed by atoms with Gasteiger partial charge in [-0.1, -0.05) is 13.0 Å². The summed E-state index contributed by atoms with van der Waals surface area (Å²) >= 11 is 1.66. The fraction of sp³-hybridized carbons (Fsp3) is 0.500. The normalized spacial score (nSPS) is 24.8. The number of aliphatic hydroxyl groups excluding tert-OH is 1. The average Bonchev–Trinajstić information content (AvgIpc) is 2.40. The largest absolute Gasteiger partial charge is 0.494 e. The molecule has 0 radical (unpaired) electrons. The summed E-state index contributed by atoms with van der Waals surface area (Å²) in [6, 6.07) is 3.35. The van der Waals surface area contributed by atoms with Crippen LogP contribution in [0.1, 0.15) is 30.6 Å². The Morgan fingerprint density at radius 3 is 2.94 bits per heavy atom. The van der Waals surface area contributed by atoms with Crippen LogP contribution in [0.15, 0.2) is 12.1 Å². The molecule has 1 aliphatic rings. The fourth-order valence-electron chi connectivity index (χ4n) is 1.97. The third-order valence-corrected chi connectivity index (χ3v) is 4.11. The van der Waals surface area contributed by atoms with Crippen molar-refractivity contribution in [2.24, 2.45) is 0 Å². The highest BCUT2D eigenvalue weighted by Gasteiger charge is 2.24. The number of fused-ring (bicyclic) bond motifs is 1. The molecule has 0 fully saturated rings. The Morgan fingerprint density at radius 2 is 2.25 bits per heavy atom. The Labute approximate surface area is 98.8 Å². The molecule has 2 rings (SSSR count). The first-order chi connectivity index (χ1) is 7.63. The number of benzene rings is 1. The highest BCUT2D eigenvalue weighted by atomic mass is 32.2. The molecule has 1 aromatic carbocycles. The molecule has 2 atom stereocenters. The van der Waals surface area contributed by atoms with Crippen LogP contribution in [0.2, 0.25) is 0 Å². The van der Waals surface area contributed by atoms with E-state index in [2.05, 4.69) is 6.92 Å². The molecule has 2 nitrogen and oxygen atoms in total. The Kier molecular flexibility index (Phi) is 3.40. The minimum Gasteiger partial charge on any atom is -0.494 e. The lowest BCUT2D eigenvalue weighted by molar-refractivity contribution is 0.167. The van der Waals surface area contributed by atoms with E-state index in [-0.39, 0.29) is 11.6 Å². The van der Waals surface area contributed by atoms with Gasteiger partial charge in [0.05, 0.1) is 13.2 Å². The molecular weight excluding hydrogens is 227 g/mol. The second-order valence-corrected chi connectivity index (χ2v) is 5.45. The molecular formula is C12H15FO2S. The van der Waals surface area contributed by atoms with Gasteiger partial charge < -0.3 is 9.84 Å². The third kappa shape index (κ3) is 2.04. The molecule has 88 valence electrons. The summed E-state index contributed by atoms with van der Waals surface area (Å²) in [6.07, 6.45) is 0.101. The molecule has 0 saturated carbocycles. The third-order valence-electron chi connectivity index (χ3n) is 2.89. The number of methoxy groups -OCH3 is 1. The van der Waals surface area contributed by atoms with Crippen molar-refractivity contribution in [3.05, 3.63) is 29.1 Å². The molecule has 1 aliphatic heterocycles. The van der Waals surface area contributed by atoms with E-state index >= 15 is 0 Å². The lowest BCUT2D eigenvalue weighted by Gasteiger charge is -2.14. The molecule has 1 aromatic rings.